The van der Waals surface area contributed by atoms with Crippen LogP contribution in [0.15, 0.2) is 60.8 Å². The molecule has 0 aromatic rings. The van der Waals surface area contributed by atoms with Crippen LogP contribution in [0.2, 0.25) is 0 Å². The molecule has 0 heteroatoms. The molecule has 0 heterocycles. The third kappa shape index (κ3) is 3.20. The summed E-state index contributed by atoms with van der Waals surface area (Å²) in [4.78, 5) is 0. The average Bonchev–Trinajstić information content (AvgIpc) is 2.14. The van der Waals surface area contributed by atoms with Gasteiger partial charge in [0.2, 0.25) is 0 Å². The van der Waals surface area contributed by atoms with Crippen molar-refractivity contribution in [3.8, 4) is 0 Å². The molecule has 0 saturated carbocycles. The minimum atomic E-state index is 1.16. The summed E-state index contributed by atoms with van der Waals surface area (Å²) in [7, 11) is 0. The van der Waals surface area contributed by atoms with E-state index < -0.39 is 0 Å². The van der Waals surface area contributed by atoms with Gasteiger partial charge in [-0.1, -0.05) is 55.2 Å². The molecular formula is C12H14. The molecule has 0 aromatic heterocycles. The SMILES string of the molecule is C=CC=CC=CC1=CC=CCC1. The van der Waals surface area contributed by atoms with Crippen LogP contribution in [0.4, 0.5) is 0 Å². The highest BCUT2D eigenvalue weighted by atomic mass is 14.0. The Balaban J connectivity index is 2.44. The summed E-state index contributed by atoms with van der Waals surface area (Å²) in [6.07, 6.45) is 18.7. The third-order valence-corrected chi connectivity index (χ3v) is 1.71. The highest BCUT2D eigenvalue weighted by Gasteiger charge is 1.92. The predicted molar refractivity (Wildman–Crippen MR) is 54.9 cm³/mol. The first-order valence-electron chi connectivity index (χ1n) is 4.25. The fourth-order valence-electron chi connectivity index (χ4n) is 1.08. The molecule has 0 unspecified atom stereocenters. The average molecular weight is 158 g/mol. The molecule has 0 bridgehead atoms. The van der Waals surface area contributed by atoms with Crippen molar-refractivity contribution in [2.45, 2.75) is 12.8 Å². The van der Waals surface area contributed by atoms with Gasteiger partial charge in [0.1, 0.15) is 0 Å². The lowest BCUT2D eigenvalue weighted by Crippen LogP contribution is -1.81. The van der Waals surface area contributed by atoms with Crippen molar-refractivity contribution in [1.29, 1.82) is 0 Å². The van der Waals surface area contributed by atoms with Crippen molar-refractivity contribution in [1.82, 2.24) is 0 Å². The van der Waals surface area contributed by atoms with E-state index >= 15 is 0 Å². The Labute approximate surface area is 74.3 Å². The van der Waals surface area contributed by atoms with Gasteiger partial charge >= 0.3 is 0 Å². The molecular weight excluding hydrogens is 144 g/mol. The number of hydrogen-bond acceptors (Lipinski definition) is 0. The first-order chi connectivity index (χ1) is 5.93. The lowest BCUT2D eigenvalue weighted by atomic mass is 10.1. The van der Waals surface area contributed by atoms with Crippen molar-refractivity contribution < 1.29 is 0 Å². The van der Waals surface area contributed by atoms with Crippen LogP contribution < -0.4 is 0 Å². The summed E-state index contributed by atoms with van der Waals surface area (Å²) in [5.41, 5.74) is 1.39. The van der Waals surface area contributed by atoms with Gasteiger partial charge in [-0.25, -0.2) is 0 Å². The minimum absolute atomic E-state index is 1.16. The highest BCUT2D eigenvalue weighted by Crippen LogP contribution is 2.12. The molecule has 0 atom stereocenters. The Bertz CT molecular complexity index is 249. The molecule has 0 aromatic carbocycles. The number of hydrogen-bond donors (Lipinski definition) is 0. The second-order valence-electron chi connectivity index (χ2n) is 2.69. The molecule has 1 rings (SSSR count). The molecule has 0 saturated heterocycles. The maximum atomic E-state index is 3.60. The Kier molecular flexibility index (Phi) is 3.93. The van der Waals surface area contributed by atoms with Crippen molar-refractivity contribution in [3.63, 3.8) is 0 Å². The molecule has 0 nitrogen and oxygen atoms in total. The maximum Gasteiger partial charge on any atom is -0.0244 e. The summed E-state index contributed by atoms with van der Waals surface area (Å²) in [5.74, 6) is 0. The molecule has 0 fully saturated rings. The van der Waals surface area contributed by atoms with Crippen molar-refractivity contribution in [2.24, 2.45) is 0 Å². The van der Waals surface area contributed by atoms with E-state index in [0.29, 0.717) is 0 Å². The standard InChI is InChI=1S/C12H14/c1-2-3-4-6-9-12-10-7-5-8-11-12/h2-7,9-10H,1,8,11H2. The lowest BCUT2D eigenvalue weighted by Gasteiger charge is -2.01. The Morgan fingerprint density at radius 3 is 2.83 bits per heavy atom. The molecule has 0 aliphatic heterocycles. The number of rotatable bonds is 3. The van der Waals surface area contributed by atoms with Gasteiger partial charge in [0.25, 0.3) is 0 Å². The van der Waals surface area contributed by atoms with Crippen molar-refractivity contribution >= 4 is 0 Å². The normalized spacial score (nSPS) is 17.2. The van der Waals surface area contributed by atoms with Gasteiger partial charge in [-0.2, -0.15) is 0 Å². The second kappa shape index (κ2) is 5.36. The molecule has 12 heavy (non-hydrogen) atoms. The molecule has 0 amide bonds. The van der Waals surface area contributed by atoms with E-state index in [1.807, 2.05) is 18.2 Å². The van der Waals surface area contributed by atoms with Crippen LogP contribution in [-0.4, -0.2) is 0 Å². The van der Waals surface area contributed by atoms with Gasteiger partial charge in [-0.05, 0) is 18.4 Å². The summed E-state index contributed by atoms with van der Waals surface area (Å²) < 4.78 is 0. The third-order valence-electron chi connectivity index (χ3n) is 1.71. The Morgan fingerprint density at radius 1 is 1.25 bits per heavy atom. The largest absolute Gasteiger partial charge is 0.0991 e. The summed E-state index contributed by atoms with van der Waals surface area (Å²) in [6.45, 7) is 3.60. The zero-order valence-electron chi connectivity index (χ0n) is 7.24. The zero-order valence-corrected chi connectivity index (χ0v) is 7.24. The number of allylic oxidation sites excluding steroid dienone is 9. The van der Waals surface area contributed by atoms with Gasteiger partial charge in [-0.15, -0.1) is 0 Å². The molecule has 62 valence electrons. The van der Waals surface area contributed by atoms with Crippen LogP contribution in [-0.2, 0) is 0 Å². The maximum absolute atomic E-state index is 3.60. The summed E-state index contributed by atoms with van der Waals surface area (Å²) in [5, 5.41) is 0. The van der Waals surface area contributed by atoms with E-state index in [1.54, 1.807) is 6.08 Å². The zero-order chi connectivity index (χ0) is 8.65. The highest BCUT2D eigenvalue weighted by molar-refractivity contribution is 5.29. The smallest absolute Gasteiger partial charge is 0.0244 e. The van der Waals surface area contributed by atoms with Gasteiger partial charge < -0.3 is 0 Å². The van der Waals surface area contributed by atoms with E-state index in [1.165, 1.54) is 12.0 Å². The van der Waals surface area contributed by atoms with E-state index in [4.69, 9.17) is 0 Å². The molecule has 1 aliphatic rings. The molecule has 0 radical (unpaired) electrons. The summed E-state index contributed by atoms with van der Waals surface area (Å²) in [6, 6.07) is 0. The molecule has 0 N–H and O–H groups in total. The predicted octanol–water partition coefficient (Wildman–Crippen LogP) is 3.56. The van der Waals surface area contributed by atoms with Crippen molar-refractivity contribution in [2.75, 3.05) is 0 Å². The van der Waals surface area contributed by atoms with E-state index in [9.17, 15) is 0 Å². The fraction of sp³-hybridized carbons (Fsp3) is 0.167. The van der Waals surface area contributed by atoms with Gasteiger partial charge in [0.05, 0.1) is 0 Å². The van der Waals surface area contributed by atoms with Crippen LogP contribution >= 0.6 is 0 Å². The Hall–Kier alpha value is -1.30. The fourth-order valence-corrected chi connectivity index (χ4v) is 1.08. The molecule has 1 aliphatic carbocycles. The van der Waals surface area contributed by atoms with Gasteiger partial charge in [0.15, 0.2) is 0 Å². The van der Waals surface area contributed by atoms with Crippen LogP contribution in [0, 0.1) is 0 Å². The first kappa shape index (κ1) is 8.79. The van der Waals surface area contributed by atoms with Crippen LogP contribution in [0.1, 0.15) is 12.8 Å². The van der Waals surface area contributed by atoms with Crippen LogP contribution in [0.3, 0.4) is 0 Å². The lowest BCUT2D eigenvalue weighted by molar-refractivity contribution is 0.991. The monoisotopic (exact) mass is 158 g/mol. The van der Waals surface area contributed by atoms with Crippen LogP contribution in [0.5, 0.6) is 0 Å². The van der Waals surface area contributed by atoms with E-state index in [-0.39, 0.29) is 0 Å². The van der Waals surface area contributed by atoms with Crippen molar-refractivity contribution in [3.05, 3.63) is 60.8 Å². The summed E-state index contributed by atoms with van der Waals surface area (Å²) >= 11 is 0. The quantitative estimate of drug-likeness (QED) is 0.551. The van der Waals surface area contributed by atoms with Gasteiger partial charge in [-0.3, -0.25) is 0 Å². The topological polar surface area (TPSA) is 0 Å². The Morgan fingerprint density at radius 2 is 2.17 bits per heavy atom. The van der Waals surface area contributed by atoms with E-state index in [0.717, 1.165) is 6.42 Å². The van der Waals surface area contributed by atoms with Crippen LogP contribution in [0.25, 0.3) is 0 Å². The molecule has 0 spiro atoms. The minimum Gasteiger partial charge on any atom is -0.0991 e. The first-order valence-corrected chi connectivity index (χ1v) is 4.25. The second-order valence-corrected chi connectivity index (χ2v) is 2.69. The van der Waals surface area contributed by atoms with Gasteiger partial charge in [0, 0.05) is 0 Å². The van der Waals surface area contributed by atoms with E-state index in [2.05, 4.69) is 30.9 Å².